The van der Waals surface area contributed by atoms with Crippen LogP contribution in [0, 0.1) is 11.8 Å². The number of sulfonamides is 1. The van der Waals surface area contributed by atoms with Gasteiger partial charge in [0.05, 0.1) is 0 Å². The van der Waals surface area contributed by atoms with E-state index in [4.69, 9.17) is 4.74 Å². The highest BCUT2D eigenvalue weighted by molar-refractivity contribution is 7.89. The van der Waals surface area contributed by atoms with E-state index < -0.39 is 10.0 Å². The SMILES string of the molecule is CC(C)NS(=O)(=O)c1cccnc1N1CCC(C2CCOC2)C1. The fourth-order valence-corrected chi connectivity index (χ4v) is 4.92. The smallest absolute Gasteiger partial charge is 0.244 e. The zero-order valence-corrected chi connectivity index (χ0v) is 14.6. The van der Waals surface area contributed by atoms with Crippen LogP contribution in [-0.4, -0.2) is 45.7 Å². The van der Waals surface area contributed by atoms with Gasteiger partial charge in [0, 0.05) is 38.5 Å². The van der Waals surface area contributed by atoms with Gasteiger partial charge >= 0.3 is 0 Å². The first-order valence-corrected chi connectivity index (χ1v) is 9.76. The molecule has 1 N–H and O–H groups in total. The number of nitrogens with zero attached hydrogens (tertiary/aromatic N) is 2. The quantitative estimate of drug-likeness (QED) is 0.883. The summed E-state index contributed by atoms with van der Waals surface area (Å²) in [5, 5.41) is 0. The molecule has 128 valence electrons. The molecule has 0 aromatic carbocycles. The first-order chi connectivity index (χ1) is 11.0. The third-order valence-corrected chi connectivity index (χ3v) is 6.27. The van der Waals surface area contributed by atoms with E-state index in [9.17, 15) is 8.42 Å². The van der Waals surface area contributed by atoms with Crippen LogP contribution in [0.5, 0.6) is 0 Å². The molecule has 0 bridgehead atoms. The fourth-order valence-electron chi connectivity index (χ4n) is 3.49. The molecule has 6 nitrogen and oxygen atoms in total. The maximum Gasteiger partial charge on any atom is 0.244 e. The molecule has 2 unspecified atom stereocenters. The van der Waals surface area contributed by atoms with E-state index in [1.807, 2.05) is 13.8 Å². The summed E-state index contributed by atoms with van der Waals surface area (Å²) in [6.07, 6.45) is 3.85. The first-order valence-electron chi connectivity index (χ1n) is 8.27. The van der Waals surface area contributed by atoms with Crippen LogP contribution in [0.3, 0.4) is 0 Å². The molecule has 0 radical (unpaired) electrons. The summed E-state index contributed by atoms with van der Waals surface area (Å²) in [4.78, 5) is 6.75. The first kappa shape index (κ1) is 16.7. The lowest BCUT2D eigenvalue weighted by Gasteiger charge is -2.22. The lowest BCUT2D eigenvalue weighted by atomic mass is 9.91. The van der Waals surface area contributed by atoms with Crippen molar-refractivity contribution < 1.29 is 13.2 Å². The Balaban J connectivity index is 1.81. The summed E-state index contributed by atoms with van der Waals surface area (Å²) in [5.74, 6) is 1.73. The number of aromatic nitrogens is 1. The lowest BCUT2D eigenvalue weighted by molar-refractivity contribution is 0.174. The zero-order valence-electron chi connectivity index (χ0n) is 13.7. The average molecular weight is 339 g/mol. The minimum absolute atomic E-state index is 0.143. The van der Waals surface area contributed by atoms with E-state index in [2.05, 4.69) is 14.6 Å². The average Bonchev–Trinajstić information content (AvgIpc) is 3.17. The molecule has 3 rings (SSSR count). The highest BCUT2D eigenvalue weighted by atomic mass is 32.2. The summed E-state index contributed by atoms with van der Waals surface area (Å²) in [7, 11) is -3.54. The topological polar surface area (TPSA) is 71.5 Å². The van der Waals surface area contributed by atoms with E-state index in [0.717, 1.165) is 39.1 Å². The minimum Gasteiger partial charge on any atom is -0.381 e. The maximum atomic E-state index is 12.6. The summed E-state index contributed by atoms with van der Waals surface area (Å²) in [6.45, 7) is 7.03. The van der Waals surface area contributed by atoms with Crippen molar-refractivity contribution in [2.75, 3.05) is 31.2 Å². The van der Waals surface area contributed by atoms with E-state index in [1.165, 1.54) is 0 Å². The van der Waals surface area contributed by atoms with Crippen LogP contribution in [0.1, 0.15) is 26.7 Å². The van der Waals surface area contributed by atoms with Crippen LogP contribution >= 0.6 is 0 Å². The van der Waals surface area contributed by atoms with Gasteiger partial charge in [-0.15, -0.1) is 0 Å². The van der Waals surface area contributed by atoms with Crippen LogP contribution in [-0.2, 0) is 14.8 Å². The van der Waals surface area contributed by atoms with Gasteiger partial charge in [-0.25, -0.2) is 18.1 Å². The molecule has 3 heterocycles. The Bertz CT molecular complexity index is 642. The van der Waals surface area contributed by atoms with Crippen molar-refractivity contribution in [1.29, 1.82) is 0 Å². The molecule has 0 amide bonds. The largest absolute Gasteiger partial charge is 0.381 e. The summed E-state index contributed by atoms with van der Waals surface area (Å²) >= 11 is 0. The van der Waals surface area contributed by atoms with E-state index in [1.54, 1.807) is 18.3 Å². The van der Waals surface area contributed by atoms with Crippen molar-refractivity contribution in [1.82, 2.24) is 9.71 Å². The predicted octanol–water partition coefficient (Wildman–Crippen LogP) is 1.63. The molecule has 0 spiro atoms. The minimum atomic E-state index is -3.54. The van der Waals surface area contributed by atoms with Gasteiger partial charge in [-0.05, 0) is 50.7 Å². The zero-order chi connectivity index (χ0) is 16.4. The molecule has 2 aliphatic rings. The number of anilines is 1. The summed E-state index contributed by atoms with van der Waals surface area (Å²) in [5.41, 5.74) is 0. The second kappa shape index (κ2) is 6.75. The van der Waals surface area contributed by atoms with E-state index in [-0.39, 0.29) is 10.9 Å². The molecule has 1 aromatic rings. The van der Waals surface area contributed by atoms with Crippen molar-refractivity contribution in [2.45, 2.75) is 37.6 Å². The molecule has 1 aromatic heterocycles. The van der Waals surface area contributed by atoms with Gasteiger partial charge in [0.2, 0.25) is 10.0 Å². The molecule has 0 aliphatic carbocycles. The molecular weight excluding hydrogens is 314 g/mol. The van der Waals surface area contributed by atoms with E-state index in [0.29, 0.717) is 17.7 Å². The Labute approximate surface area is 138 Å². The Morgan fingerprint density at radius 3 is 2.87 bits per heavy atom. The van der Waals surface area contributed by atoms with Gasteiger partial charge in [0.25, 0.3) is 0 Å². The molecule has 2 saturated heterocycles. The Hall–Kier alpha value is -1.18. The lowest BCUT2D eigenvalue weighted by Crippen LogP contribution is -2.32. The van der Waals surface area contributed by atoms with Crippen LogP contribution < -0.4 is 9.62 Å². The van der Waals surface area contributed by atoms with Crippen molar-refractivity contribution in [3.8, 4) is 0 Å². The number of ether oxygens (including phenoxy) is 1. The molecule has 2 aliphatic heterocycles. The van der Waals surface area contributed by atoms with Gasteiger partial charge in [-0.3, -0.25) is 0 Å². The van der Waals surface area contributed by atoms with Crippen LogP contribution in [0.15, 0.2) is 23.2 Å². The summed E-state index contributed by atoms with van der Waals surface area (Å²) < 4.78 is 33.3. The molecule has 23 heavy (non-hydrogen) atoms. The Morgan fingerprint density at radius 2 is 2.17 bits per heavy atom. The standard InChI is InChI=1S/C16H25N3O3S/c1-12(2)18-23(20,21)15-4-3-7-17-16(15)19-8-5-13(10-19)14-6-9-22-11-14/h3-4,7,12-14,18H,5-6,8-11H2,1-2H3. The highest BCUT2D eigenvalue weighted by Crippen LogP contribution is 2.34. The number of rotatable bonds is 5. The van der Waals surface area contributed by atoms with Gasteiger partial charge in [0.15, 0.2) is 0 Å². The van der Waals surface area contributed by atoms with Gasteiger partial charge in [-0.1, -0.05) is 0 Å². The van der Waals surface area contributed by atoms with Crippen molar-refractivity contribution in [3.05, 3.63) is 18.3 Å². The predicted molar refractivity (Wildman–Crippen MR) is 88.9 cm³/mol. The number of hydrogen-bond donors (Lipinski definition) is 1. The number of nitrogens with one attached hydrogen (secondary N) is 1. The van der Waals surface area contributed by atoms with Crippen LogP contribution in [0.4, 0.5) is 5.82 Å². The Kier molecular flexibility index (Phi) is 4.89. The molecule has 2 fully saturated rings. The van der Waals surface area contributed by atoms with Crippen molar-refractivity contribution in [2.24, 2.45) is 11.8 Å². The van der Waals surface area contributed by atoms with E-state index >= 15 is 0 Å². The van der Waals surface area contributed by atoms with Crippen LogP contribution in [0.25, 0.3) is 0 Å². The third kappa shape index (κ3) is 3.67. The normalized spacial score (nSPS) is 25.4. The molecule has 0 saturated carbocycles. The number of hydrogen-bond acceptors (Lipinski definition) is 5. The Morgan fingerprint density at radius 1 is 1.35 bits per heavy atom. The fraction of sp³-hybridized carbons (Fsp3) is 0.688. The van der Waals surface area contributed by atoms with Gasteiger partial charge in [-0.2, -0.15) is 0 Å². The molecule has 2 atom stereocenters. The van der Waals surface area contributed by atoms with Gasteiger partial charge < -0.3 is 9.64 Å². The third-order valence-electron chi connectivity index (χ3n) is 4.59. The number of pyridine rings is 1. The van der Waals surface area contributed by atoms with Crippen molar-refractivity contribution >= 4 is 15.8 Å². The van der Waals surface area contributed by atoms with Gasteiger partial charge in [0.1, 0.15) is 10.7 Å². The summed E-state index contributed by atoms with van der Waals surface area (Å²) in [6, 6.07) is 3.17. The molecule has 7 heteroatoms. The monoisotopic (exact) mass is 339 g/mol. The second-order valence-electron chi connectivity index (χ2n) is 6.72. The molecular formula is C16H25N3O3S. The highest BCUT2D eigenvalue weighted by Gasteiger charge is 2.34. The second-order valence-corrected chi connectivity index (χ2v) is 8.40. The maximum absolute atomic E-state index is 12.6. The van der Waals surface area contributed by atoms with Crippen LogP contribution in [0.2, 0.25) is 0 Å². The van der Waals surface area contributed by atoms with Crippen molar-refractivity contribution in [3.63, 3.8) is 0 Å².